The predicted molar refractivity (Wildman–Crippen MR) is 71.6 cm³/mol. The number of hydrogen-bond acceptors (Lipinski definition) is 4. The number of benzene rings is 1. The van der Waals surface area contributed by atoms with Crippen LogP contribution in [0.5, 0.6) is 0 Å². The Morgan fingerprint density at radius 2 is 2.00 bits per heavy atom. The Bertz CT molecular complexity index is 499. The summed E-state index contributed by atoms with van der Waals surface area (Å²) in [6, 6.07) is 1.12. The van der Waals surface area contributed by atoms with E-state index in [0.717, 1.165) is 31.4 Å². The van der Waals surface area contributed by atoms with E-state index in [2.05, 4.69) is 0 Å². The second-order valence-corrected chi connectivity index (χ2v) is 5.13. The molecular weight excluding hydrogens is 268 g/mol. The van der Waals surface area contributed by atoms with E-state index in [0.29, 0.717) is 6.54 Å². The van der Waals surface area contributed by atoms with Crippen molar-refractivity contribution in [3.05, 3.63) is 33.9 Å². The third-order valence-electron chi connectivity index (χ3n) is 3.66. The van der Waals surface area contributed by atoms with Crippen LogP contribution in [0.25, 0.3) is 0 Å². The summed E-state index contributed by atoms with van der Waals surface area (Å²) in [7, 11) is 0. The number of nitro groups is 1. The lowest BCUT2D eigenvalue weighted by Gasteiger charge is -2.39. The van der Waals surface area contributed by atoms with E-state index in [1.807, 2.05) is 0 Å². The Labute approximate surface area is 115 Å². The molecule has 0 amide bonds. The molecule has 1 heterocycles. The molecule has 5 nitrogen and oxygen atoms in total. The van der Waals surface area contributed by atoms with Crippen LogP contribution in [0.15, 0.2) is 12.1 Å². The van der Waals surface area contributed by atoms with Gasteiger partial charge in [0.05, 0.1) is 17.1 Å². The van der Waals surface area contributed by atoms with Gasteiger partial charge in [0.2, 0.25) is 0 Å². The first-order chi connectivity index (χ1) is 9.41. The summed E-state index contributed by atoms with van der Waals surface area (Å²) >= 11 is 0. The molecule has 2 unspecified atom stereocenters. The molecule has 1 aliphatic heterocycles. The fourth-order valence-electron chi connectivity index (χ4n) is 2.71. The van der Waals surface area contributed by atoms with Gasteiger partial charge in [0.1, 0.15) is 5.69 Å². The molecule has 0 radical (unpaired) electrons. The van der Waals surface area contributed by atoms with Gasteiger partial charge in [0, 0.05) is 18.6 Å². The first-order valence-corrected chi connectivity index (χ1v) is 6.57. The minimum absolute atomic E-state index is 0.158. The SMILES string of the molecule is CC(N)C1CCCCN1c1c(F)cc([N+](=O)[O-])cc1F. The van der Waals surface area contributed by atoms with Crippen molar-refractivity contribution in [1.29, 1.82) is 0 Å². The van der Waals surface area contributed by atoms with Crippen LogP contribution in [0, 0.1) is 21.7 Å². The smallest absolute Gasteiger partial charge is 0.275 e. The largest absolute Gasteiger partial charge is 0.362 e. The van der Waals surface area contributed by atoms with Crippen molar-refractivity contribution in [2.24, 2.45) is 5.73 Å². The molecule has 1 aromatic rings. The first kappa shape index (κ1) is 14.6. The minimum Gasteiger partial charge on any atom is -0.362 e. The highest BCUT2D eigenvalue weighted by Crippen LogP contribution is 2.33. The number of piperidine rings is 1. The molecule has 0 aromatic heterocycles. The quantitative estimate of drug-likeness (QED) is 0.684. The summed E-state index contributed by atoms with van der Waals surface area (Å²) < 4.78 is 28.1. The Morgan fingerprint density at radius 1 is 1.40 bits per heavy atom. The maximum Gasteiger partial charge on any atom is 0.275 e. The van der Waals surface area contributed by atoms with Gasteiger partial charge in [-0.2, -0.15) is 0 Å². The summed E-state index contributed by atoms with van der Waals surface area (Å²) in [5.74, 6) is -1.83. The highest BCUT2D eigenvalue weighted by molar-refractivity contribution is 5.55. The van der Waals surface area contributed by atoms with Gasteiger partial charge in [-0.25, -0.2) is 8.78 Å². The van der Waals surface area contributed by atoms with Crippen LogP contribution < -0.4 is 10.6 Å². The third-order valence-corrected chi connectivity index (χ3v) is 3.66. The van der Waals surface area contributed by atoms with E-state index in [4.69, 9.17) is 5.73 Å². The molecule has 1 fully saturated rings. The highest BCUT2D eigenvalue weighted by atomic mass is 19.1. The summed E-state index contributed by atoms with van der Waals surface area (Å²) in [6.45, 7) is 2.29. The second kappa shape index (κ2) is 5.70. The molecule has 110 valence electrons. The van der Waals surface area contributed by atoms with Crippen molar-refractivity contribution < 1.29 is 13.7 Å². The van der Waals surface area contributed by atoms with Gasteiger partial charge in [-0.3, -0.25) is 10.1 Å². The van der Waals surface area contributed by atoms with Gasteiger partial charge in [0.25, 0.3) is 5.69 Å². The molecule has 0 aliphatic carbocycles. The summed E-state index contributed by atoms with van der Waals surface area (Å²) in [6.07, 6.45) is 2.53. The Balaban J connectivity index is 2.43. The third kappa shape index (κ3) is 2.72. The number of anilines is 1. The molecule has 1 saturated heterocycles. The number of rotatable bonds is 3. The fourth-order valence-corrected chi connectivity index (χ4v) is 2.71. The van der Waals surface area contributed by atoms with Gasteiger partial charge in [-0.1, -0.05) is 0 Å². The molecular formula is C13H17F2N3O2. The van der Waals surface area contributed by atoms with Crippen molar-refractivity contribution in [1.82, 2.24) is 0 Å². The van der Waals surface area contributed by atoms with Gasteiger partial charge >= 0.3 is 0 Å². The lowest BCUT2D eigenvalue weighted by molar-refractivity contribution is -0.385. The number of nitrogens with two attached hydrogens (primary N) is 1. The lowest BCUT2D eigenvalue weighted by Crippen LogP contribution is -2.50. The maximum atomic E-state index is 14.1. The van der Waals surface area contributed by atoms with Crippen LogP contribution >= 0.6 is 0 Å². The van der Waals surface area contributed by atoms with Gasteiger partial charge < -0.3 is 10.6 Å². The number of halogens is 2. The normalized spacial score (nSPS) is 20.8. The van der Waals surface area contributed by atoms with Crippen molar-refractivity contribution in [2.45, 2.75) is 38.3 Å². The average molecular weight is 285 g/mol. The maximum absolute atomic E-state index is 14.1. The zero-order chi connectivity index (χ0) is 14.9. The average Bonchev–Trinajstić information content (AvgIpc) is 2.38. The standard InChI is InChI=1S/C13H17F2N3O2/c1-8(16)12-4-2-3-5-17(12)13-10(14)6-9(18(19)20)7-11(13)15/h6-8,12H,2-5,16H2,1H3. The van der Waals surface area contributed by atoms with Gasteiger partial charge in [0.15, 0.2) is 11.6 Å². The monoisotopic (exact) mass is 285 g/mol. The van der Waals surface area contributed by atoms with Crippen LogP contribution in [0.2, 0.25) is 0 Å². The van der Waals surface area contributed by atoms with E-state index in [-0.39, 0.29) is 17.8 Å². The Hall–Kier alpha value is -1.76. The molecule has 7 heteroatoms. The first-order valence-electron chi connectivity index (χ1n) is 6.57. The van der Waals surface area contributed by atoms with Crippen LogP contribution in [0.3, 0.4) is 0 Å². The van der Waals surface area contributed by atoms with Crippen LogP contribution in [0.4, 0.5) is 20.2 Å². The van der Waals surface area contributed by atoms with Crippen molar-refractivity contribution >= 4 is 11.4 Å². The van der Waals surface area contributed by atoms with E-state index in [9.17, 15) is 18.9 Å². The highest BCUT2D eigenvalue weighted by Gasteiger charge is 2.30. The van der Waals surface area contributed by atoms with Gasteiger partial charge in [-0.15, -0.1) is 0 Å². The number of hydrogen-bond donors (Lipinski definition) is 1. The molecule has 2 N–H and O–H groups in total. The number of non-ortho nitro benzene ring substituents is 1. The molecule has 0 saturated carbocycles. The topological polar surface area (TPSA) is 72.4 Å². The molecule has 20 heavy (non-hydrogen) atoms. The lowest BCUT2D eigenvalue weighted by atomic mass is 9.96. The van der Waals surface area contributed by atoms with Crippen LogP contribution in [-0.4, -0.2) is 23.6 Å². The van der Waals surface area contributed by atoms with E-state index in [1.54, 1.807) is 11.8 Å². The second-order valence-electron chi connectivity index (χ2n) is 5.13. The summed E-state index contributed by atoms with van der Waals surface area (Å²) in [5, 5.41) is 10.6. The van der Waals surface area contributed by atoms with E-state index < -0.39 is 22.2 Å². The molecule has 2 atom stereocenters. The van der Waals surface area contributed by atoms with Crippen molar-refractivity contribution in [3.8, 4) is 0 Å². The zero-order valence-corrected chi connectivity index (χ0v) is 11.2. The van der Waals surface area contributed by atoms with Crippen LogP contribution in [0.1, 0.15) is 26.2 Å². The molecule has 0 spiro atoms. The molecule has 1 aromatic carbocycles. The Kier molecular flexibility index (Phi) is 4.17. The number of nitrogens with zero attached hydrogens (tertiary/aromatic N) is 2. The van der Waals surface area contributed by atoms with Crippen molar-refractivity contribution in [2.75, 3.05) is 11.4 Å². The van der Waals surface area contributed by atoms with E-state index in [1.165, 1.54) is 0 Å². The van der Waals surface area contributed by atoms with Gasteiger partial charge in [-0.05, 0) is 26.2 Å². The minimum atomic E-state index is -0.913. The summed E-state index contributed by atoms with van der Waals surface area (Å²) in [4.78, 5) is 11.4. The molecule has 1 aliphatic rings. The number of nitro benzene ring substituents is 1. The van der Waals surface area contributed by atoms with E-state index >= 15 is 0 Å². The molecule has 2 rings (SSSR count). The zero-order valence-electron chi connectivity index (χ0n) is 11.2. The summed E-state index contributed by atoms with van der Waals surface area (Å²) in [5.41, 5.74) is 5.08. The Morgan fingerprint density at radius 3 is 2.50 bits per heavy atom. The van der Waals surface area contributed by atoms with Crippen molar-refractivity contribution in [3.63, 3.8) is 0 Å². The predicted octanol–water partition coefficient (Wildman–Crippen LogP) is 2.58. The molecule has 0 bridgehead atoms. The fraction of sp³-hybridized carbons (Fsp3) is 0.538. The van der Waals surface area contributed by atoms with Crippen LogP contribution in [-0.2, 0) is 0 Å².